The van der Waals surface area contributed by atoms with Crippen LogP contribution in [0.5, 0.6) is 0 Å². The van der Waals surface area contributed by atoms with E-state index in [9.17, 15) is 28.8 Å². The van der Waals surface area contributed by atoms with Crippen LogP contribution in [-0.4, -0.2) is 104 Å². The Hall–Kier alpha value is -5.55. The molecule has 1 unspecified atom stereocenters. The van der Waals surface area contributed by atoms with Gasteiger partial charge in [-0.25, -0.2) is 0 Å². The number of nitrogens with zero attached hydrogens (tertiary/aromatic N) is 4. The summed E-state index contributed by atoms with van der Waals surface area (Å²) < 4.78 is 0. The van der Waals surface area contributed by atoms with Crippen molar-refractivity contribution < 1.29 is 28.8 Å². The quantitative estimate of drug-likeness (QED) is 0.146. The van der Waals surface area contributed by atoms with Gasteiger partial charge in [-0.3, -0.25) is 39.2 Å². The van der Waals surface area contributed by atoms with Crippen LogP contribution < -0.4 is 16.4 Å². The van der Waals surface area contributed by atoms with E-state index in [1.54, 1.807) is 21.9 Å². The molecule has 14 heteroatoms. The molecule has 0 saturated carbocycles. The summed E-state index contributed by atoms with van der Waals surface area (Å²) in [5, 5.41) is 13.3. The normalized spacial score (nSPS) is 22.7. The molecule has 0 bridgehead atoms. The van der Waals surface area contributed by atoms with Gasteiger partial charge in [0.05, 0.1) is 5.52 Å². The number of hydrogen-bond acceptors (Lipinski definition) is 8. The van der Waals surface area contributed by atoms with E-state index in [0.717, 1.165) is 53.3 Å². The Bertz CT molecular complexity index is 2060. The smallest absolute Gasteiger partial charge is 0.275 e. The van der Waals surface area contributed by atoms with Gasteiger partial charge in [0.1, 0.15) is 18.1 Å². The number of rotatable bonds is 9. The number of carbonyl (C=O) groups excluding carboxylic acids is 6. The summed E-state index contributed by atoms with van der Waals surface area (Å²) in [4.78, 5) is 82.2. The SMILES string of the molecule is Cc1ccc2[nH]nc(C(=O)N3CC[C@H]4CC[C@@H](C(=O)NCCCCCCC#Cc5cccc6c5CN(C5CCC(=O)NC5=O)C6=O)N4C(=O)[C@@H](N)C3)c2c1. The Balaban J connectivity index is 0.838. The standard InChI is InChI=1S/C40H46N8O6/c1-24-12-14-31-28(21-24)35(45-44-31)40(54)46-20-18-26-13-15-33(48(26)39(53)30(41)23-46)36(50)42-19-7-5-3-2-4-6-9-25-10-8-11-27-29(25)22-47(38(27)52)32-16-17-34(49)43-37(32)51/h8,10-12,14,21,26,30,32-33H,2-5,7,13,15-20,22-23,41H2,1H3,(H,42,50)(H,44,45)(H,43,49,51)/t26-,30+,32?,33+/m1/s1. The summed E-state index contributed by atoms with van der Waals surface area (Å²) in [7, 11) is 0. The highest BCUT2D eigenvalue weighted by atomic mass is 16.2. The Morgan fingerprint density at radius 3 is 2.69 bits per heavy atom. The van der Waals surface area contributed by atoms with Crippen molar-refractivity contribution in [2.45, 2.75) is 102 Å². The maximum Gasteiger partial charge on any atom is 0.275 e. The molecule has 5 heterocycles. The number of nitrogens with one attached hydrogen (secondary N) is 3. The van der Waals surface area contributed by atoms with Crippen LogP contribution in [-0.2, 0) is 25.7 Å². The number of H-pyrrole nitrogens is 1. The van der Waals surface area contributed by atoms with Gasteiger partial charge in [0.2, 0.25) is 23.6 Å². The van der Waals surface area contributed by atoms with Gasteiger partial charge in [-0.1, -0.05) is 42.4 Å². The number of aromatic amines is 1. The lowest BCUT2D eigenvalue weighted by atomic mass is 10.0. The molecule has 282 valence electrons. The predicted molar refractivity (Wildman–Crippen MR) is 198 cm³/mol. The fourth-order valence-electron chi connectivity index (χ4n) is 8.17. The van der Waals surface area contributed by atoms with Crippen LogP contribution in [0.15, 0.2) is 36.4 Å². The van der Waals surface area contributed by atoms with Crippen LogP contribution in [0.2, 0.25) is 0 Å². The van der Waals surface area contributed by atoms with Gasteiger partial charge in [0, 0.05) is 61.6 Å². The molecule has 4 atom stereocenters. The summed E-state index contributed by atoms with van der Waals surface area (Å²) in [5.74, 6) is 4.74. The third-order valence-electron chi connectivity index (χ3n) is 11.1. The molecule has 3 aromatic rings. The third-order valence-corrected chi connectivity index (χ3v) is 11.1. The van der Waals surface area contributed by atoms with Gasteiger partial charge in [-0.05, 0) is 75.3 Å². The van der Waals surface area contributed by atoms with Gasteiger partial charge >= 0.3 is 0 Å². The average molecular weight is 735 g/mol. The highest BCUT2D eigenvalue weighted by molar-refractivity contribution is 6.06. The minimum atomic E-state index is -0.946. The van der Waals surface area contributed by atoms with Gasteiger partial charge in [0.25, 0.3) is 11.8 Å². The van der Waals surface area contributed by atoms with Crippen molar-refractivity contribution in [3.05, 3.63) is 64.3 Å². The van der Waals surface area contributed by atoms with Crippen molar-refractivity contribution in [1.82, 2.24) is 35.5 Å². The van der Waals surface area contributed by atoms with Crippen LogP contribution >= 0.6 is 0 Å². The molecule has 3 saturated heterocycles. The van der Waals surface area contributed by atoms with Crippen LogP contribution in [0.3, 0.4) is 0 Å². The molecule has 7 rings (SSSR count). The Morgan fingerprint density at radius 1 is 1.02 bits per heavy atom. The molecule has 14 nitrogen and oxygen atoms in total. The van der Waals surface area contributed by atoms with Crippen molar-refractivity contribution in [2.75, 3.05) is 19.6 Å². The molecule has 4 aliphatic rings. The molecule has 5 N–H and O–H groups in total. The van der Waals surface area contributed by atoms with E-state index in [1.165, 1.54) is 4.90 Å². The Labute approximate surface area is 313 Å². The number of hydrogen-bond donors (Lipinski definition) is 4. The van der Waals surface area contributed by atoms with Gasteiger partial charge in [-0.15, -0.1) is 0 Å². The summed E-state index contributed by atoms with van der Waals surface area (Å²) in [6.45, 7) is 3.22. The first kappa shape index (κ1) is 36.8. The fraction of sp³-hybridized carbons (Fsp3) is 0.475. The van der Waals surface area contributed by atoms with E-state index >= 15 is 0 Å². The summed E-state index contributed by atoms with van der Waals surface area (Å²) in [6.07, 6.45) is 6.53. The van der Waals surface area contributed by atoms with E-state index in [-0.39, 0.29) is 48.5 Å². The van der Waals surface area contributed by atoms with Crippen molar-refractivity contribution in [3.8, 4) is 11.8 Å². The fourth-order valence-corrected chi connectivity index (χ4v) is 8.17. The second-order valence-corrected chi connectivity index (χ2v) is 14.7. The van der Waals surface area contributed by atoms with Crippen LogP contribution in [0.25, 0.3) is 10.9 Å². The molecule has 6 amide bonds. The molecule has 3 fully saturated rings. The monoisotopic (exact) mass is 734 g/mol. The van der Waals surface area contributed by atoms with Crippen molar-refractivity contribution in [2.24, 2.45) is 5.73 Å². The molecule has 54 heavy (non-hydrogen) atoms. The van der Waals surface area contributed by atoms with Gasteiger partial charge in [-0.2, -0.15) is 5.10 Å². The number of nitrogens with two attached hydrogens (primary N) is 1. The third kappa shape index (κ3) is 7.45. The number of benzene rings is 2. The highest BCUT2D eigenvalue weighted by Gasteiger charge is 2.44. The molecule has 1 aromatic heterocycles. The number of aryl methyl sites for hydroxylation is 1. The molecular formula is C40H46N8O6. The molecule has 0 radical (unpaired) electrons. The summed E-state index contributed by atoms with van der Waals surface area (Å²) in [5.41, 5.74) is 10.6. The van der Waals surface area contributed by atoms with Crippen molar-refractivity contribution in [1.29, 1.82) is 0 Å². The molecule has 0 aliphatic carbocycles. The second-order valence-electron chi connectivity index (χ2n) is 14.7. The molecular weight excluding hydrogens is 688 g/mol. The van der Waals surface area contributed by atoms with Crippen molar-refractivity contribution >= 4 is 46.3 Å². The average Bonchev–Trinajstić information content (AvgIpc) is 3.86. The van der Waals surface area contributed by atoms with E-state index in [4.69, 9.17) is 5.73 Å². The lowest BCUT2D eigenvalue weighted by Crippen LogP contribution is -2.59. The minimum absolute atomic E-state index is 0.0517. The Morgan fingerprint density at radius 2 is 1.85 bits per heavy atom. The van der Waals surface area contributed by atoms with E-state index in [2.05, 4.69) is 32.7 Å². The summed E-state index contributed by atoms with van der Waals surface area (Å²) >= 11 is 0. The predicted octanol–water partition coefficient (Wildman–Crippen LogP) is 2.28. The molecule has 0 spiro atoms. The number of carbonyl (C=O) groups is 6. The second kappa shape index (κ2) is 15.8. The van der Waals surface area contributed by atoms with Crippen LogP contribution in [0.4, 0.5) is 0 Å². The van der Waals surface area contributed by atoms with Crippen molar-refractivity contribution in [3.63, 3.8) is 0 Å². The van der Waals surface area contributed by atoms with E-state index in [0.29, 0.717) is 63.0 Å². The summed E-state index contributed by atoms with van der Waals surface area (Å²) in [6, 6.07) is 8.85. The van der Waals surface area contributed by atoms with Crippen LogP contribution in [0.1, 0.15) is 102 Å². The number of amides is 6. The van der Waals surface area contributed by atoms with Gasteiger partial charge in [0.15, 0.2) is 5.69 Å². The van der Waals surface area contributed by atoms with E-state index in [1.807, 2.05) is 31.2 Å². The maximum atomic E-state index is 13.6. The number of imide groups is 1. The first-order chi connectivity index (χ1) is 26.1. The largest absolute Gasteiger partial charge is 0.354 e. The highest BCUT2D eigenvalue weighted by Crippen LogP contribution is 2.31. The molecule has 4 aliphatic heterocycles. The first-order valence-corrected chi connectivity index (χ1v) is 19.0. The minimum Gasteiger partial charge on any atom is -0.354 e. The van der Waals surface area contributed by atoms with Gasteiger partial charge < -0.3 is 25.8 Å². The lowest BCUT2D eigenvalue weighted by Gasteiger charge is -2.37. The maximum absolute atomic E-state index is 13.6. The Kier molecular flexibility index (Phi) is 10.8. The zero-order chi connectivity index (χ0) is 37.9. The van der Waals surface area contributed by atoms with E-state index < -0.39 is 24.0 Å². The number of piperidine rings is 1. The molecule has 2 aromatic carbocycles. The zero-order valence-electron chi connectivity index (χ0n) is 30.5. The number of unbranched alkanes of at least 4 members (excludes halogenated alkanes) is 4. The topological polar surface area (TPSA) is 191 Å². The number of aromatic nitrogens is 2. The first-order valence-electron chi connectivity index (χ1n) is 19.0. The zero-order valence-corrected chi connectivity index (χ0v) is 30.5. The van der Waals surface area contributed by atoms with Crippen LogP contribution in [0, 0.1) is 18.8 Å². The number of fused-ring (bicyclic) bond motifs is 3. The lowest BCUT2D eigenvalue weighted by molar-refractivity contribution is -0.142.